The van der Waals surface area contributed by atoms with Gasteiger partial charge >= 0.3 is 0 Å². The number of oxime groups is 1. The number of thiazole rings is 1. The Morgan fingerprint density at radius 3 is 2.84 bits per heavy atom. The molecule has 0 saturated heterocycles. The molecule has 0 spiro atoms. The standard InChI is InChI=1S/C12H20N4O2S/c1-4-5-9(11(13)15-18)12(17)16(3)6-10-8(2)14-7-19-10/h7,9,18H,4-6H2,1-3H3,(H2,13,15). The number of nitrogens with zero attached hydrogens (tertiary/aromatic N) is 3. The zero-order chi connectivity index (χ0) is 14.4. The van der Waals surface area contributed by atoms with E-state index in [1.165, 1.54) is 11.3 Å². The Labute approximate surface area is 116 Å². The van der Waals surface area contributed by atoms with E-state index in [2.05, 4.69) is 10.1 Å². The van der Waals surface area contributed by atoms with Crippen molar-refractivity contribution in [2.75, 3.05) is 7.05 Å². The number of aryl methyl sites for hydroxylation is 1. The molecule has 0 aliphatic rings. The van der Waals surface area contributed by atoms with Crippen molar-refractivity contribution in [1.29, 1.82) is 0 Å². The molecule has 3 N–H and O–H groups in total. The lowest BCUT2D eigenvalue weighted by Gasteiger charge is -2.22. The first-order valence-corrected chi connectivity index (χ1v) is 7.00. The van der Waals surface area contributed by atoms with E-state index < -0.39 is 5.92 Å². The van der Waals surface area contributed by atoms with Gasteiger partial charge in [0.2, 0.25) is 5.91 Å². The third kappa shape index (κ3) is 3.92. The molecule has 1 aromatic rings. The molecule has 0 aromatic carbocycles. The van der Waals surface area contributed by atoms with Gasteiger partial charge in [-0.1, -0.05) is 18.5 Å². The van der Waals surface area contributed by atoms with Gasteiger partial charge in [-0.05, 0) is 13.3 Å². The van der Waals surface area contributed by atoms with Crippen LogP contribution in [0.4, 0.5) is 0 Å². The summed E-state index contributed by atoms with van der Waals surface area (Å²) < 4.78 is 0. The lowest BCUT2D eigenvalue weighted by molar-refractivity contribution is -0.132. The number of carbonyl (C=O) groups excluding carboxylic acids is 1. The first-order valence-electron chi connectivity index (χ1n) is 6.12. The molecular weight excluding hydrogens is 264 g/mol. The monoisotopic (exact) mass is 284 g/mol. The van der Waals surface area contributed by atoms with Gasteiger partial charge in [0, 0.05) is 11.9 Å². The SMILES string of the molecule is CCCC(C(=O)N(C)Cc1scnc1C)C(N)=NO. The van der Waals surface area contributed by atoms with E-state index in [1.54, 1.807) is 17.5 Å². The fourth-order valence-electron chi connectivity index (χ4n) is 1.79. The van der Waals surface area contributed by atoms with E-state index in [0.29, 0.717) is 13.0 Å². The quantitative estimate of drug-likeness (QED) is 0.359. The largest absolute Gasteiger partial charge is 0.409 e. The summed E-state index contributed by atoms with van der Waals surface area (Å²) in [6.45, 7) is 4.36. The van der Waals surface area contributed by atoms with Crippen LogP contribution in [-0.2, 0) is 11.3 Å². The van der Waals surface area contributed by atoms with E-state index in [4.69, 9.17) is 10.9 Å². The Hall–Kier alpha value is -1.63. The summed E-state index contributed by atoms with van der Waals surface area (Å²) in [4.78, 5) is 19.1. The van der Waals surface area contributed by atoms with Crippen LogP contribution in [0.25, 0.3) is 0 Å². The molecule has 0 saturated carbocycles. The van der Waals surface area contributed by atoms with Crippen molar-refractivity contribution in [2.24, 2.45) is 16.8 Å². The molecule has 6 nitrogen and oxygen atoms in total. The molecule has 7 heteroatoms. The van der Waals surface area contributed by atoms with Gasteiger partial charge in [-0.3, -0.25) is 4.79 Å². The first-order chi connectivity index (χ1) is 9.01. The fraction of sp³-hybridized carbons (Fsp3) is 0.583. The number of hydrogen-bond acceptors (Lipinski definition) is 5. The highest BCUT2D eigenvalue weighted by atomic mass is 32.1. The Morgan fingerprint density at radius 2 is 2.37 bits per heavy atom. The van der Waals surface area contributed by atoms with Crippen molar-refractivity contribution in [2.45, 2.75) is 33.2 Å². The van der Waals surface area contributed by atoms with Crippen LogP contribution in [0.2, 0.25) is 0 Å². The number of aromatic nitrogens is 1. The lowest BCUT2D eigenvalue weighted by Crippen LogP contribution is -2.39. The van der Waals surface area contributed by atoms with Crippen molar-refractivity contribution in [3.63, 3.8) is 0 Å². The second-order valence-electron chi connectivity index (χ2n) is 4.42. The third-order valence-corrected chi connectivity index (χ3v) is 3.87. The molecule has 0 fully saturated rings. The van der Waals surface area contributed by atoms with Gasteiger partial charge < -0.3 is 15.8 Å². The van der Waals surface area contributed by atoms with Gasteiger partial charge in [0.1, 0.15) is 0 Å². The number of hydrogen-bond donors (Lipinski definition) is 2. The Morgan fingerprint density at radius 1 is 1.68 bits per heavy atom. The maximum absolute atomic E-state index is 12.3. The van der Waals surface area contributed by atoms with Gasteiger partial charge in [0.05, 0.1) is 23.7 Å². The molecule has 1 unspecified atom stereocenters. The van der Waals surface area contributed by atoms with Crippen LogP contribution in [0.15, 0.2) is 10.7 Å². The number of carbonyl (C=O) groups is 1. The normalized spacial score (nSPS) is 13.3. The second kappa shape index (κ2) is 7.08. The van der Waals surface area contributed by atoms with Crippen LogP contribution in [0.5, 0.6) is 0 Å². The molecule has 1 heterocycles. The van der Waals surface area contributed by atoms with Crippen LogP contribution < -0.4 is 5.73 Å². The van der Waals surface area contributed by atoms with Gasteiger partial charge in [-0.2, -0.15) is 0 Å². The summed E-state index contributed by atoms with van der Waals surface area (Å²) in [5.74, 6) is -0.724. The maximum Gasteiger partial charge on any atom is 0.233 e. The van der Waals surface area contributed by atoms with Crippen LogP contribution in [0.1, 0.15) is 30.3 Å². The zero-order valence-corrected chi connectivity index (χ0v) is 12.3. The molecule has 19 heavy (non-hydrogen) atoms. The zero-order valence-electron chi connectivity index (χ0n) is 11.5. The second-order valence-corrected chi connectivity index (χ2v) is 5.36. The minimum absolute atomic E-state index is 0.0280. The average molecular weight is 284 g/mol. The summed E-state index contributed by atoms with van der Waals surface area (Å²) in [5, 5.41) is 11.7. The van der Waals surface area contributed by atoms with E-state index in [-0.39, 0.29) is 11.7 Å². The minimum atomic E-state index is -0.562. The van der Waals surface area contributed by atoms with Crippen molar-refractivity contribution >= 4 is 23.1 Å². The summed E-state index contributed by atoms with van der Waals surface area (Å²) in [5.41, 5.74) is 8.28. The highest BCUT2D eigenvalue weighted by molar-refractivity contribution is 7.09. The molecule has 1 rings (SSSR count). The smallest absolute Gasteiger partial charge is 0.233 e. The summed E-state index contributed by atoms with van der Waals surface area (Å²) in [6.07, 6.45) is 1.36. The molecule has 1 aromatic heterocycles. The van der Waals surface area contributed by atoms with Gasteiger partial charge in [0.15, 0.2) is 5.84 Å². The van der Waals surface area contributed by atoms with Crippen LogP contribution in [-0.4, -0.2) is 33.9 Å². The predicted molar refractivity (Wildman–Crippen MR) is 75.1 cm³/mol. The van der Waals surface area contributed by atoms with Gasteiger partial charge in [0.25, 0.3) is 0 Å². The highest BCUT2D eigenvalue weighted by Gasteiger charge is 2.26. The van der Waals surface area contributed by atoms with Crippen molar-refractivity contribution < 1.29 is 10.0 Å². The van der Waals surface area contributed by atoms with E-state index in [0.717, 1.165) is 17.0 Å². The van der Waals surface area contributed by atoms with E-state index >= 15 is 0 Å². The predicted octanol–water partition coefficient (Wildman–Crippen LogP) is 1.57. The highest BCUT2D eigenvalue weighted by Crippen LogP contribution is 2.17. The molecule has 0 aliphatic heterocycles. The van der Waals surface area contributed by atoms with Crippen molar-refractivity contribution in [1.82, 2.24) is 9.88 Å². The molecular formula is C12H20N4O2S. The van der Waals surface area contributed by atoms with Crippen LogP contribution >= 0.6 is 11.3 Å². The molecule has 1 atom stereocenters. The van der Waals surface area contributed by atoms with Crippen molar-refractivity contribution in [3.05, 3.63) is 16.1 Å². The van der Waals surface area contributed by atoms with Crippen molar-refractivity contribution in [3.8, 4) is 0 Å². The van der Waals surface area contributed by atoms with E-state index in [9.17, 15) is 4.79 Å². The molecule has 106 valence electrons. The summed E-state index contributed by atoms with van der Waals surface area (Å²) in [6, 6.07) is 0. The lowest BCUT2D eigenvalue weighted by atomic mass is 10.0. The topological polar surface area (TPSA) is 91.8 Å². The Kier molecular flexibility index (Phi) is 5.75. The number of rotatable bonds is 6. The number of amides is 1. The molecule has 1 amide bonds. The average Bonchev–Trinajstić information content (AvgIpc) is 2.79. The van der Waals surface area contributed by atoms with Gasteiger partial charge in [-0.25, -0.2) is 4.98 Å². The Balaban J connectivity index is 2.76. The summed E-state index contributed by atoms with van der Waals surface area (Å²) >= 11 is 1.52. The van der Waals surface area contributed by atoms with E-state index in [1.807, 2.05) is 13.8 Å². The van der Waals surface area contributed by atoms with Crippen LogP contribution in [0.3, 0.4) is 0 Å². The third-order valence-electron chi connectivity index (χ3n) is 2.95. The molecule has 0 aliphatic carbocycles. The number of amidine groups is 1. The summed E-state index contributed by atoms with van der Waals surface area (Å²) in [7, 11) is 1.72. The Bertz CT molecular complexity index is 458. The number of nitrogens with two attached hydrogens (primary N) is 1. The van der Waals surface area contributed by atoms with Crippen LogP contribution in [0, 0.1) is 12.8 Å². The minimum Gasteiger partial charge on any atom is -0.409 e. The van der Waals surface area contributed by atoms with Gasteiger partial charge in [-0.15, -0.1) is 11.3 Å². The first kappa shape index (κ1) is 15.4. The fourth-order valence-corrected chi connectivity index (χ4v) is 2.62. The molecule has 0 bridgehead atoms. The molecule has 0 radical (unpaired) electrons. The maximum atomic E-state index is 12.3.